The molecule has 1 fully saturated rings. The third-order valence-corrected chi connectivity index (χ3v) is 5.57. The van der Waals surface area contributed by atoms with E-state index in [4.69, 9.17) is 9.47 Å². The van der Waals surface area contributed by atoms with Gasteiger partial charge in [0.15, 0.2) is 0 Å². The van der Waals surface area contributed by atoms with Gasteiger partial charge in [0.05, 0.1) is 13.2 Å². The Morgan fingerprint density at radius 2 is 1.67 bits per heavy atom. The molecule has 0 unspecified atom stereocenters. The molecule has 1 aliphatic heterocycles. The van der Waals surface area contributed by atoms with E-state index in [1.54, 1.807) is 0 Å². The molecule has 0 atom stereocenters. The number of fused-ring (bicyclic) bond motifs is 1. The topological polar surface area (TPSA) is 46.6 Å². The highest BCUT2D eigenvalue weighted by Crippen LogP contribution is 2.26. The van der Waals surface area contributed by atoms with Crippen LogP contribution >= 0.6 is 0 Å². The average molecular weight is 406 g/mol. The number of anilines is 1. The van der Waals surface area contributed by atoms with Crippen LogP contribution in [0.4, 0.5) is 5.82 Å². The molecule has 3 aromatic rings. The van der Waals surface area contributed by atoms with Crippen molar-refractivity contribution in [2.24, 2.45) is 0 Å². The second-order valence-corrected chi connectivity index (χ2v) is 7.75. The van der Waals surface area contributed by atoms with E-state index in [1.165, 1.54) is 16.3 Å². The van der Waals surface area contributed by atoms with Crippen molar-refractivity contribution in [2.45, 2.75) is 39.3 Å². The minimum Gasteiger partial charge on any atom is -0.494 e. The van der Waals surface area contributed by atoms with E-state index in [0.29, 0.717) is 19.3 Å². The van der Waals surface area contributed by atoms with Gasteiger partial charge in [0.1, 0.15) is 17.3 Å². The first kappa shape index (κ1) is 20.5. The minimum atomic E-state index is 0.452. The molecule has 0 spiro atoms. The third kappa shape index (κ3) is 5.03. The quantitative estimate of drug-likeness (QED) is 0.564. The largest absolute Gasteiger partial charge is 0.494 e. The number of pyridine rings is 1. The molecule has 158 valence electrons. The fraction of sp³-hybridized carbons (Fsp3) is 0.400. The minimum absolute atomic E-state index is 0.452. The first-order chi connectivity index (χ1) is 14.7. The summed E-state index contributed by atoms with van der Waals surface area (Å²) in [6.45, 7) is 8.38. The summed E-state index contributed by atoms with van der Waals surface area (Å²) in [6, 6.07) is 17.2. The van der Waals surface area contributed by atoms with E-state index in [2.05, 4.69) is 57.7 Å². The van der Waals surface area contributed by atoms with Gasteiger partial charge in [-0.3, -0.25) is 4.90 Å². The maximum atomic E-state index is 5.73. The zero-order valence-corrected chi connectivity index (χ0v) is 17.9. The maximum Gasteiger partial charge on any atom is 0.134 e. The van der Waals surface area contributed by atoms with Crippen molar-refractivity contribution in [3.05, 3.63) is 60.3 Å². The summed E-state index contributed by atoms with van der Waals surface area (Å²) in [4.78, 5) is 7.10. The molecule has 0 radical (unpaired) electrons. The molecule has 2 aromatic carbocycles. The van der Waals surface area contributed by atoms with Crippen molar-refractivity contribution in [1.82, 2.24) is 9.88 Å². The monoisotopic (exact) mass is 405 g/mol. The highest BCUT2D eigenvalue weighted by Gasteiger charge is 2.20. The van der Waals surface area contributed by atoms with Gasteiger partial charge in [0.2, 0.25) is 0 Å². The van der Waals surface area contributed by atoms with Crippen molar-refractivity contribution in [3.8, 4) is 11.5 Å². The smallest absolute Gasteiger partial charge is 0.134 e. The van der Waals surface area contributed by atoms with Gasteiger partial charge >= 0.3 is 0 Å². The molecular weight excluding hydrogens is 374 g/mol. The van der Waals surface area contributed by atoms with Crippen LogP contribution in [0, 0.1) is 0 Å². The molecule has 0 bridgehead atoms. The Kier molecular flexibility index (Phi) is 6.70. The summed E-state index contributed by atoms with van der Waals surface area (Å²) >= 11 is 0. The summed E-state index contributed by atoms with van der Waals surface area (Å²) in [5, 5.41) is 6.10. The molecule has 4 rings (SSSR count). The van der Waals surface area contributed by atoms with Crippen LogP contribution in [0.3, 0.4) is 0 Å². The van der Waals surface area contributed by atoms with Crippen LogP contribution in [0.2, 0.25) is 0 Å². The van der Waals surface area contributed by atoms with Gasteiger partial charge in [0, 0.05) is 43.3 Å². The Balaban J connectivity index is 1.37. The lowest BCUT2D eigenvalue weighted by Gasteiger charge is -2.33. The summed E-state index contributed by atoms with van der Waals surface area (Å²) < 4.78 is 11.5. The molecule has 5 heteroatoms. The summed E-state index contributed by atoms with van der Waals surface area (Å²) in [7, 11) is 0. The molecule has 5 nitrogen and oxygen atoms in total. The number of hydrogen-bond donors (Lipinski definition) is 1. The predicted octanol–water partition coefficient (Wildman–Crippen LogP) is 5.11. The number of piperidine rings is 1. The van der Waals surface area contributed by atoms with Crippen molar-refractivity contribution in [3.63, 3.8) is 0 Å². The first-order valence-corrected chi connectivity index (χ1v) is 11.0. The van der Waals surface area contributed by atoms with Crippen LogP contribution in [-0.2, 0) is 6.54 Å². The van der Waals surface area contributed by atoms with Crippen LogP contribution in [0.25, 0.3) is 10.8 Å². The molecule has 1 saturated heterocycles. The maximum absolute atomic E-state index is 5.73. The van der Waals surface area contributed by atoms with Crippen LogP contribution in [0.5, 0.6) is 11.5 Å². The van der Waals surface area contributed by atoms with Crippen LogP contribution in [-0.4, -0.2) is 42.2 Å². The normalized spacial score (nSPS) is 15.3. The zero-order valence-electron chi connectivity index (χ0n) is 17.9. The van der Waals surface area contributed by atoms with Crippen LogP contribution < -0.4 is 14.8 Å². The molecule has 1 N–H and O–H groups in total. The van der Waals surface area contributed by atoms with Crippen molar-refractivity contribution in [2.75, 3.05) is 31.6 Å². The number of nitrogens with one attached hydrogen (secondary N) is 1. The second-order valence-electron chi connectivity index (χ2n) is 7.75. The zero-order chi connectivity index (χ0) is 20.8. The Morgan fingerprint density at radius 3 is 2.37 bits per heavy atom. The fourth-order valence-corrected chi connectivity index (χ4v) is 4.14. The number of rotatable bonds is 8. The van der Waals surface area contributed by atoms with Crippen molar-refractivity contribution >= 4 is 16.6 Å². The van der Waals surface area contributed by atoms with Gasteiger partial charge in [-0.1, -0.05) is 24.3 Å². The van der Waals surface area contributed by atoms with Crippen LogP contribution in [0.1, 0.15) is 32.3 Å². The molecule has 1 aromatic heterocycles. The number of hydrogen-bond acceptors (Lipinski definition) is 5. The van der Waals surface area contributed by atoms with E-state index >= 15 is 0 Å². The van der Waals surface area contributed by atoms with E-state index in [1.807, 2.05) is 26.1 Å². The van der Waals surface area contributed by atoms with Gasteiger partial charge in [-0.05, 0) is 55.8 Å². The molecule has 0 saturated carbocycles. The Hall–Kier alpha value is -2.79. The Labute approximate surface area is 179 Å². The summed E-state index contributed by atoms with van der Waals surface area (Å²) in [5.41, 5.74) is 1.24. The standard InChI is InChI=1S/C25H31N3O2/c1-3-29-22-15-19(16-23(17-22)30-4-2)18-28-13-10-21(11-14-28)27-25-24-8-6-5-7-20(24)9-12-26-25/h5-9,12,15-17,21H,3-4,10-11,13-14,18H2,1-2H3,(H,26,27). The summed E-state index contributed by atoms with van der Waals surface area (Å²) in [6.07, 6.45) is 4.10. The van der Waals surface area contributed by atoms with Gasteiger partial charge in [-0.25, -0.2) is 4.98 Å². The Morgan fingerprint density at radius 1 is 0.967 bits per heavy atom. The van der Waals surface area contributed by atoms with Gasteiger partial charge in [-0.2, -0.15) is 0 Å². The molecule has 30 heavy (non-hydrogen) atoms. The number of aromatic nitrogens is 1. The number of benzene rings is 2. The van der Waals surface area contributed by atoms with Gasteiger partial charge in [-0.15, -0.1) is 0 Å². The molecule has 0 aliphatic carbocycles. The number of nitrogens with zero attached hydrogens (tertiary/aromatic N) is 2. The molecule has 0 amide bonds. The predicted molar refractivity (Wildman–Crippen MR) is 122 cm³/mol. The molecule has 2 heterocycles. The SMILES string of the molecule is CCOc1cc(CN2CCC(Nc3nccc4ccccc34)CC2)cc(OCC)c1. The van der Waals surface area contributed by atoms with E-state index in [9.17, 15) is 0 Å². The lowest BCUT2D eigenvalue weighted by molar-refractivity contribution is 0.210. The van der Waals surface area contributed by atoms with E-state index in [0.717, 1.165) is 49.8 Å². The van der Waals surface area contributed by atoms with E-state index < -0.39 is 0 Å². The van der Waals surface area contributed by atoms with Crippen LogP contribution in [0.15, 0.2) is 54.7 Å². The molecule has 1 aliphatic rings. The summed E-state index contributed by atoms with van der Waals surface area (Å²) in [5.74, 6) is 2.77. The molecular formula is C25H31N3O2. The lowest BCUT2D eigenvalue weighted by atomic mass is 10.0. The van der Waals surface area contributed by atoms with E-state index in [-0.39, 0.29) is 0 Å². The van der Waals surface area contributed by atoms with Crippen molar-refractivity contribution < 1.29 is 9.47 Å². The van der Waals surface area contributed by atoms with Gasteiger partial charge in [0.25, 0.3) is 0 Å². The number of ether oxygens (including phenoxy) is 2. The van der Waals surface area contributed by atoms with Crippen molar-refractivity contribution in [1.29, 1.82) is 0 Å². The average Bonchev–Trinajstić information content (AvgIpc) is 2.76. The van der Waals surface area contributed by atoms with Gasteiger partial charge < -0.3 is 14.8 Å². The third-order valence-electron chi connectivity index (χ3n) is 5.57. The Bertz CT molecular complexity index is 938. The lowest BCUT2D eigenvalue weighted by Crippen LogP contribution is -2.38. The second kappa shape index (κ2) is 9.81. The highest BCUT2D eigenvalue weighted by molar-refractivity contribution is 5.91. The highest BCUT2D eigenvalue weighted by atomic mass is 16.5. The number of likely N-dealkylation sites (tertiary alicyclic amines) is 1. The first-order valence-electron chi connectivity index (χ1n) is 11.0. The fourth-order valence-electron chi connectivity index (χ4n) is 4.14.